The quantitative estimate of drug-likeness (QED) is 0.521. The van der Waals surface area contributed by atoms with Crippen molar-refractivity contribution in [2.45, 2.75) is 58.0 Å². The highest BCUT2D eigenvalue weighted by molar-refractivity contribution is 6.32. The lowest BCUT2D eigenvalue weighted by Crippen LogP contribution is -2.45. The van der Waals surface area contributed by atoms with Gasteiger partial charge < -0.3 is 10.6 Å². The van der Waals surface area contributed by atoms with Gasteiger partial charge in [0.05, 0.1) is 0 Å². The van der Waals surface area contributed by atoms with Crippen molar-refractivity contribution in [3.8, 4) is 0 Å². The monoisotopic (exact) mass is 397 g/mol. The number of rotatable bonds is 8. The molecule has 1 fully saturated rings. The lowest BCUT2D eigenvalue weighted by molar-refractivity contribution is -0.135. The normalized spacial score (nSPS) is 20.6. The minimum atomic E-state index is -1.45. The van der Waals surface area contributed by atoms with Crippen LogP contribution in [-0.4, -0.2) is 35.3 Å². The van der Waals surface area contributed by atoms with Crippen LogP contribution in [0.25, 0.3) is 0 Å². The Bertz CT molecular complexity index is 743. The van der Waals surface area contributed by atoms with E-state index in [1.165, 1.54) is 19.1 Å². The molecule has 1 heterocycles. The first-order valence-electron chi connectivity index (χ1n) is 9.08. The van der Waals surface area contributed by atoms with Gasteiger partial charge in [0.2, 0.25) is 5.91 Å². The van der Waals surface area contributed by atoms with Gasteiger partial charge in [0.15, 0.2) is 0 Å². The van der Waals surface area contributed by atoms with Crippen molar-refractivity contribution >= 4 is 29.4 Å². The number of carbonyl (C=O) groups excluding carboxylic acids is 3. The first-order valence-corrected chi connectivity index (χ1v) is 9.45. The number of nitrogens with one attached hydrogen (secondary N) is 2. The fourth-order valence-corrected chi connectivity index (χ4v) is 3.51. The van der Waals surface area contributed by atoms with E-state index in [4.69, 9.17) is 11.6 Å². The van der Waals surface area contributed by atoms with Crippen molar-refractivity contribution in [2.75, 3.05) is 6.54 Å². The number of halogens is 2. The molecule has 2 atom stereocenters. The molecule has 2 rings (SSSR count). The third kappa shape index (κ3) is 4.77. The molecule has 4 amide bonds. The summed E-state index contributed by atoms with van der Waals surface area (Å²) in [5.41, 5.74) is -1.17. The van der Waals surface area contributed by atoms with Gasteiger partial charge in [-0.2, -0.15) is 0 Å². The summed E-state index contributed by atoms with van der Waals surface area (Å²) in [6.45, 7) is 5.10. The molecular formula is C19H25ClFN3O3. The summed E-state index contributed by atoms with van der Waals surface area (Å²) in [5, 5.41) is 5.39. The average molecular weight is 398 g/mol. The Morgan fingerprint density at radius 3 is 2.70 bits per heavy atom. The Hall–Kier alpha value is -2.15. The molecule has 0 saturated carbocycles. The average Bonchev–Trinajstić information content (AvgIpc) is 2.79. The molecule has 0 radical (unpaired) electrons. The van der Waals surface area contributed by atoms with E-state index >= 15 is 0 Å². The Morgan fingerprint density at radius 1 is 1.37 bits per heavy atom. The number of imide groups is 1. The van der Waals surface area contributed by atoms with E-state index < -0.39 is 29.2 Å². The molecule has 1 aliphatic rings. The van der Waals surface area contributed by atoms with E-state index in [2.05, 4.69) is 17.6 Å². The van der Waals surface area contributed by atoms with Gasteiger partial charge in [-0.1, -0.05) is 43.9 Å². The maximum Gasteiger partial charge on any atom is 0.325 e. The van der Waals surface area contributed by atoms with Gasteiger partial charge in [-0.15, -0.1) is 0 Å². The van der Waals surface area contributed by atoms with Crippen LogP contribution in [0.4, 0.5) is 9.18 Å². The van der Waals surface area contributed by atoms with Crippen LogP contribution in [0, 0.1) is 5.82 Å². The van der Waals surface area contributed by atoms with E-state index in [0.717, 1.165) is 36.6 Å². The number of amides is 4. The van der Waals surface area contributed by atoms with Crippen LogP contribution in [0.2, 0.25) is 5.02 Å². The standard InChI is InChI=1S/C19H25ClFN3O3/c1-4-5-6-7-12(2)22-16(25)11-24-17(26)19(3,23-18(24)27)14-9-8-13(21)10-15(14)20/h8-10,12H,4-7,11H2,1-3H3,(H,22,25)(H,23,27). The number of benzene rings is 1. The van der Waals surface area contributed by atoms with Gasteiger partial charge in [-0.05, 0) is 32.4 Å². The zero-order valence-electron chi connectivity index (χ0n) is 15.8. The summed E-state index contributed by atoms with van der Waals surface area (Å²) in [5.74, 6) is -1.55. The van der Waals surface area contributed by atoms with Gasteiger partial charge in [0.25, 0.3) is 5.91 Å². The van der Waals surface area contributed by atoms with E-state index in [1.54, 1.807) is 0 Å². The molecule has 0 spiro atoms. The summed E-state index contributed by atoms with van der Waals surface area (Å²) < 4.78 is 13.3. The van der Waals surface area contributed by atoms with Crippen molar-refractivity contribution in [1.29, 1.82) is 0 Å². The van der Waals surface area contributed by atoms with Crippen LogP contribution in [0.1, 0.15) is 52.0 Å². The molecule has 27 heavy (non-hydrogen) atoms. The van der Waals surface area contributed by atoms with Crippen LogP contribution in [-0.2, 0) is 15.1 Å². The zero-order chi connectivity index (χ0) is 20.2. The minimum absolute atomic E-state index is 0.0296. The fraction of sp³-hybridized carbons (Fsp3) is 0.526. The lowest BCUT2D eigenvalue weighted by Gasteiger charge is -2.23. The number of hydrogen-bond donors (Lipinski definition) is 2. The van der Waals surface area contributed by atoms with Crippen LogP contribution < -0.4 is 10.6 Å². The van der Waals surface area contributed by atoms with Crippen molar-refractivity contribution in [3.63, 3.8) is 0 Å². The van der Waals surface area contributed by atoms with Crippen molar-refractivity contribution in [1.82, 2.24) is 15.5 Å². The zero-order valence-corrected chi connectivity index (χ0v) is 16.5. The van der Waals surface area contributed by atoms with Crippen LogP contribution in [0.5, 0.6) is 0 Å². The maximum absolute atomic E-state index is 13.3. The molecular weight excluding hydrogens is 373 g/mol. The molecule has 0 bridgehead atoms. The topological polar surface area (TPSA) is 78.5 Å². The summed E-state index contributed by atoms with van der Waals surface area (Å²) >= 11 is 6.05. The predicted molar refractivity (Wildman–Crippen MR) is 101 cm³/mol. The number of carbonyl (C=O) groups is 3. The van der Waals surface area contributed by atoms with Crippen LogP contribution >= 0.6 is 11.6 Å². The molecule has 2 N–H and O–H groups in total. The number of urea groups is 1. The smallest absolute Gasteiger partial charge is 0.325 e. The minimum Gasteiger partial charge on any atom is -0.352 e. The lowest BCUT2D eigenvalue weighted by atomic mass is 9.92. The molecule has 2 unspecified atom stereocenters. The first-order chi connectivity index (χ1) is 12.7. The Balaban J connectivity index is 2.06. The number of hydrogen-bond acceptors (Lipinski definition) is 3. The van der Waals surface area contributed by atoms with E-state index in [-0.39, 0.29) is 23.2 Å². The van der Waals surface area contributed by atoms with Gasteiger partial charge in [0, 0.05) is 16.6 Å². The Kier molecular flexibility index (Phi) is 6.81. The maximum atomic E-state index is 13.3. The summed E-state index contributed by atoms with van der Waals surface area (Å²) in [4.78, 5) is 38.2. The van der Waals surface area contributed by atoms with Crippen LogP contribution in [0.3, 0.4) is 0 Å². The number of nitrogens with zero attached hydrogens (tertiary/aromatic N) is 1. The molecule has 1 aromatic carbocycles. The molecule has 1 aliphatic heterocycles. The summed E-state index contributed by atoms with van der Waals surface area (Å²) in [6, 6.07) is 2.88. The molecule has 1 saturated heterocycles. The molecule has 0 aliphatic carbocycles. The molecule has 0 aromatic heterocycles. The molecule has 6 nitrogen and oxygen atoms in total. The third-order valence-electron chi connectivity index (χ3n) is 4.69. The highest BCUT2D eigenvalue weighted by atomic mass is 35.5. The van der Waals surface area contributed by atoms with Crippen molar-refractivity contribution in [2.24, 2.45) is 0 Å². The van der Waals surface area contributed by atoms with E-state index in [0.29, 0.717) is 0 Å². The van der Waals surface area contributed by atoms with Gasteiger partial charge in [-0.25, -0.2) is 9.18 Å². The van der Waals surface area contributed by atoms with Gasteiger partial charge >= 0.3 is 6.03 Å². The van der Waals surface area contributed by atoms with Gasteiger partial charge in [0.1, 0.15) is 17.9 Å². The molecule has 148 valence electrons. The van der Waals surface area contributed by atoms with Crippen molar-refractivity contribution < 1.29 is 18.8 Å². The largest absolute Gasteiger partial charge is 0.352 e. The summed E-state index contributed by atoms with van der Waals surface area (Å²) in [7, 11) is 0. The van der Waals surface area contributed by atoms with Gasteiger partial charge in [-0.3, -0.25) is 14.5 Å². The second-order valence-corrected chi connectivity index (χ2v) is 7.44. The molecule has 8 heteroatoms. The molecule has 1 aromatic rings. The second-order valence-electron chi connectivity index (χ2n) is 7.03. The highest BCUT2D eigenvalue weighted by Crippen LogP contribution is 2.33. The first kappa shape index (κ1) is 21.2. The van der Waals surface area contributed by atoms with Crippen LogP contribution in [0.15, 0.2) is 18.2 Å². The Labute approximate surface area is 163 Å². The fourth-order valence-electron chi connectivity index (χ4n) is 3.15. The van der Waals surface area contributed by atoms with E-state index in [1.807, 2.05) is 6.92 Å². The predicted octanol–water partition coefficient (Wildman–Crippen LogP) is 3.33. The Morgan fingerprint density at radius 2 is 2.07 bits per heavy atom. The summed E-state index contributed by atoms with van der Waals surface area (Å²) in [6.07, 6.45) is 4.02. The van der Waals surface area contributed by atoms with Crippen molar-refractivity contribution in [3.05, 3.63) is 34.6 Å². The number of unbranched alkanes of at least 4 members (excludes halogenated alkanes) is 2. The highest BCUT2D eigenvalue weighted by Gasteiger charge is 2.50. The third-order valence-corrected chi connectivity index (χ3v) is 5.01. The SMILES string of the molecule is CCCCCC(C)NC(=O)CN1C(=O)NC(C)(c2ccc(F)cc2Cl)C1=O. The van der Waals surface area contributed by atoms with E-state index in [9.17, 15) is 18.8 Å². The second kappa shape index (κ2) is 8.69.